The number of hydrogen-bond donors (Lipinski definition) is 2. The minimum atomic E-state index is -0.943. The van der Waals surface area contributed by atoms with Crippen molar-refractivity contribution in [2.75, 3.05) is 5.32 Å². The second kappa shape index (κ2) is 4.71. The minimum absolute atomic E-state index is 0.497. The predicted octanol–water partition coefficient (Wildman–Crippen LogP) is 1.78. The van der Waals surface area contributed by atoms with Crippen LogP contribution >= 0.6 is 11.3 Å². The fraction of sp³-hybridized carbons (Fsp3) is 0.100. The SMILES string of the molecule is O=C(O)C(Nc1nncs1)c1ccccc1. The Labute approximate surface area is 95.8 Å². The largest absolute Gasteiger partial charge is 0.479 e. The first-order valence-corrected chi connectivity index (χ1v) is 5.46. The summed E-state index contributed by atoms with van der Waals surface area (Å²) in [5.41, 5.74) is 2.23. The molecule has 5 nitrogen and oxygen atoms in total. The molecular weight excluding hydrogens is 226 g/mol. The van der Waals surface area contributed by atoms with Crippen LogP contribution in [0.4, 0.5) is 5.13 Å². The quantitative estimate of drug-likeness (QED) is 0.844. The summed E-state index contributed by atoms with van der Waals surface area (Å²) in [4.78, 5) is 11.1. The van der Waals surface area contributed by atoms with Gasteiger partial charge in [-0.2, -0.15) is 0 Å². The van der Waals surface area contributed by atoms with E-state index in [9.17, 15) is 4.79 Å². The lowest BCUT2D eigenvalue weighted by atomic mass is 10.1. The molecule has 0 bridgehead atoms. The van der Waals surface area contributed by atoms with Gasteiger partial charge < -0.3 is 10.4 Å². The molecule has 1 aromatic carbocycles. The summed E-state index contributed by atoms with van der Waals surface area (Å²) in [6.07, 6.45) is 0. The van der Waals surface area contributed by atoms with E-state index < -0.39 is 12.0 Å². The summed E-state index contributed by atoms with van der Waals surface area (Å²) in [7, 11) is 0. The molecule has 0 saturated carbocycles. The molecule has 1 unspecified atom stereocenters. The summed E-state index contributed by atoms with van der Waals surface area (Å²) < 4.78 is 0. The third-order valence-corrected chi connectivity index (χ3v) is 2.63. The Morgan fingerprint density at radius 3 is 2.69 bits per heavy atom. The van der Waals surface area contributed by atoms with Gasteiger partial charge in [-0.05, 0) is 5.56 Å². The number of aromatic nitrogens is 2. The number of rotatable bonds is 4. The lowest BCUT2D eigenvalue weighted by molar-refractivity contribution is -0.138. The van der Waals surface area contributed by atoms with Gasteiger partial charge >= 0.3 is 5.97 Å². The van der Waals surface area contributed by atoms with Gasteiger partial charge in [-0.15, -0.1) is 10.2 Å². The van der Waals surface area contributed by atoms with E-state index in [1.54, 1.807) is 29.8 Å². The van der Waals surface area contributed by atoms with E-state index in [0.717, 1.165) is 0 Å². The van der Waals surface area contributed by atoms with Crippen LogP contribution in [-0.4, -0.2) is 21.3 Å². The number of carboxylic acid groups (broad SMARTS) is 1. The molecule has 0 spiro atoms. The third kappa shape index (κ3) is 2.34. The average Bonchev–Trinajstić information content (AvgIpc) is 2.79. The minimum Gasteiger partial charge on any atom is -0.479 e. The number of carbonyl (C=O) groups is 1. The van der Waals surface area contributed by atoms with Crippen molar-refractivity contribution >= 4 is 22.4 Å². The van der Waals surface area contributed by atoms with E-state index in [0.29, 0.717) is 10.7 Å². The number of anilines is 1. The van der Waals surface area contributed by atoms with Crippen LogP contribution in [-0.2, 0) is 4.79 Å². The van der Waals surface area contributed by atoms with E-state index >= 15 is 0 Å². The zero-order chi connectivity index (χ0) is 11.4. The maximum absolute atomic E-state index is 11.1. The average molecular weight is 235 g/mol. The van der Waals surface area contributed by atoms with Crippen LogP contribution < -0.4 is 5.32 Å². The van der Waals surface area contributed by atoms with Crippen molar-refractivity contribution in [2.24, 2.45) is 0 Å². The third-order valence-electron chi connectivity index (χ3n) is 2.01. The Bertz CT molecular complexity index is 458. The second-order valence-corrected chi connectivity index (χ2v) is 3.90. The summed E-state index contributed by atoms with van der Waals surface area (Å²) in [5.74, 6) is -0.943. The van der Waals surface area contributed by atoms with E-state index in [-0.39, 0.29) is 0 Å². The highest BCUT2D eigenvalue weighted by Crippen LogP contribution is 2.20. The van der Waals surface area contributed by atoms with E-state index in [4.69, 9.17) is 5.11 Å². The number of nitrogens with one attached hydrogen (secondary N) is 1. The molecule has 0 aliphatic heterocycles. The van der Waals surface area contributed by atoms with Gasteiger partial charge in [0.1, 0.15) is 5.51 Å². The zero-order valence-corrected chi connectivity index (χ0v) is 9.02. The summed E-state index contributed by atoms with van der Waals surface area (Å²) in [6.45, 7) is 0. The van der Waals surface area contributed by atoms with Gasteiger partial charge in [-0.1, -0.05) is 41.7 Å². The maximum atomic E-state index is 11.1. The normalized spacial score (nSPS) is 12.0. The van der Waals surface area contributed by atoms with Crippen LogP contribution in [0.1, 0.15) is 11.6 Å². The number of aliphatic carboxylic acids is 1. The molecule has 0 aliphatic rings. The Hall–Kier alpha value is -1.95. The number of carboxylic acids is 1. The Morgan fingerprint density at radius 2 is 2.12 bits per heavy atom. The van der Waals surface area contributed by atoms with Crippen molar-refractivity contribution in [3.8, 4) is 0 Å². The first-order valence-electron chi connectivity index (χ1n) is 4.58. The first kappa shape index (κ1) is 10.6. The van der Waals surface area contributed by atoms with Crippen LogP contribution in [0.3, 0.4) is 0 Å². The number of hydrogen-bond acceptors (Lipinski definition) is 5. The molecule has 2 N–H and O–H groups in total. The molecule has 0 radical (unpaired) electrons. The van der Waals surface area contributed by atoms with Crippen molar-refractivity contribution in [3.05, 3.63) is 41.4 Å². The lowest BCUT2D eigenvalue weighted by Gasteiger charge is -2.13. The fourth-order valence-electron chi connectivity index (χ4n) is 1.29. The topological polar surface area (TPSA) is 75.1 Å². The van der Waals surface area contributed by atoms with Crippen LogP contribution in [0.25, 0.3) is 0 Å². The Balaban J connectivity index is 2.22. The Kier molecular flexibility index (Phi) is 3.11. The number of nitrogens with zero attached hydrogens (tertiary/aromatic N) is 2. The monoisotopic (exact) mass is 235 g/mol. The van der Waals surface area contributed by atoms with Gasteiger partial charge in [0.25, 0.3) is 0 Å². The van der Waals surface area contributed by atoms with Crippen molar-refractivity contribution in [3.63, 3.8) is 0 Å². The summed E-state index contributed by atoms with van der Waals surface area (Å²) >= 11 is 1.27. The molecular formula is C10H9N3O2S. The predicted molar refractivity (Wildman–Crippen MR) is 60.4 cm³/mol. The van der Waals surface area contributed by atoms with Gasteiger partial charge in [0.05, 0.1) is 0 Å². The van der Waals surface area contributed by atoms with Gasteiger partial charge in [-0.3, -0.25) is 0 Å². The smallest absolute Gasteiger partial charge is 0.330 e. The summed E-state index contributed by atoms with van der Waals surface area (Å²) in [5, 5.41) is 19.8. The maximum Gasteiger partial charge on any atom is 0.330 e. The van der Waals surface area contributed by atoms with Crippen LogP contribution in [0.5, 0.6) is 0 Å². The number of benzene rings is 1. The van der Waals surface area contributed by atoms with Crippen LogP contribution in [0.2, 0.25) is 0 Å². The molecule has 82 valence electrons. The lowest BCUT2D eigenvalue weighted by Crippen LogP contribution is -2.20. The van der Waals surface area contributed by atoms with Gasteiger partial charge in [0, 0.05) is 0 Å². The molecule has 2 aromatic rings. The van der Waals surface area contributed by atoms with Gasteiger partial charge in [-0.25, -0.2) is 4.79 Å². The van der Waals surface area contributed by atoms with Crippen molar-refractivity contribution in [1.29, 1.82) is 0 Å². The van der Waals surface area contributed by atoms with E-state index in [1.165, 1.54) is 11.3 Å². The second-order valence-electron chi connectivity index (χ2n) is 3.07. The molecule has 0 fully saturated rings. The molecule has 1 aromatic heterocycles. The van der Waals surface area contributed by atoms with Crippen molar-refractivity contribution in [1.82, 2.24) is 10.2 Å². The van der Waals surface area contributed by atoms with Gasteiger partial charge in [0.15, 0.2) is 6.04 Å². The van der Waals surface area contributed by atoms with Gasteiger partial charge in [0.2, 0.25) is 5.13 Å². The van der Waals surface area contributed by atoms with Crippen molar-refractivity contribution in [2.45, 2.75) is 6.04 Å². The molecule has 6 heteroatoms. The standard InChI is InChI=1S/C10H9N3O2S/c14-9(15)8(7-4-2-1-3-5-7)12-10-13-11-6-16-10/h1-6,8H,(H,12,13)(H,14,15). The molecule has 2 rings (SSSR count). The molecule has 16 heavy (non-hydrogen) atoms. The molecule has 0 saturated heterocycles. The molecule has 0 aliphatic carbocycles. The van der Waals surface area contributed by atoms with Crippen molar-refractivity contribution < 1.29 is 9.90 Å². The molecule has 1 heterocycles. The Morgan fingerprint density at radius 1 is 1.38 bits per heavy atom. The molecule has 1 atom stereocenters. The van der Waals surface area contributed by atoms with E-state index in [2.05, 4.69) is 15.5 Å². The summed E-state index contributed by atoms with van der Waals surface area (Å²) in [6, 6.07) is 8.15. The highest BCUT2D eigenvalue weighted by molar-refractivity contribution is 7.13. The zero-order valence-electron chi connectivity index (χ0n) is 8.20. The van der Waals surface area contributed by atoms with Crippen LogP contribution in [0, 0.1) is 0 Å². The first-order chi connectivity index (χ1) is 7.77. The fourth-order valence-corrected chi connectivity index (χ4v) is 1.77. The highest BCUT2D eigenvalue weighted by Gasteiger charge is 2.20. The van der Waals surface area contributed by atoms with E-state index in [1.807, 2.05) is 6.07 Å². The molecule has 0 amide bonds. The van der Waals surface area contributed by atoms with Crippen LogP contribution in [0.15, 0.2) is 35.8 Å². The highest BCUT2D eigenvalue weighted by atomic mass is 32.1.